The van der Waals surface area contributed by atoms with Crippen LogP contribution < -0.4 is 4.72 Å². The Labute approximate surface area is 118 Å². The molecule has 0 aliphatic carbocycles. The van der Waals surface area contributed by atoms with E-state index in [-0.39, 0.29) is 0 Å². The van der Waals surface area contributed by atoms with Gasteiger partial charge in [0, 0.05) is 17.6 Å². The van der Waals surface area contributed by atoms with E-state index in [9.17, 15) is 8.42 Å². The lowest BCUT2D eigenvalue weighted by Gasteiger charge is -2.05. The van der Waals surface area contributed by atoms with Crippen LogP contribution in [0.25, 0.3) is 11.0 Å². The average molecular weight is 350 g/mol. The Morgan fingerprint density at radius 3 is 2.89 bits per heavy atom. The molecule has 1 heterocycles. The molecule has 0 aliphatic rings. The predicted octanol–water partition coefficient (Wildman–Crippen LogP) is 2.01. The van der Waals surface area contributed by atoms with Crippen LogP contribution in [0.4, 0.5) is 0 Å². The van der Waals surface area contributed by atoms with Gasteiger partial charge in [0.15, 0.2) is 4.77 Å². The van der Waals surface area contributed by atoms with E-state index in [0.717, 1.165) is 21.8 Å². The molecule has 0 bridgehead atoms. The molecule has 8 heteroatoms. The van der Waals surface area contributed by atoms with Crippen molar-refractivity contribution in [2.75, 3.05) is 12.8 Å². The maximum atomic E-state index is 11.0. The number of nitrogens with zero attached hydrogens (tertiary/aromatic N) is 1. The zero-order valence-electron chi connectivity index (χ0n) is 9.60. The molecule has 0 atom stereocenters. The maximum Gasteiger partial charge on any atom is 0.208 e. The van der Waals surface area contributed by atoms with E-state index in [1.165, 1.54) is 0 Å². The van der Waals surface area contributed by atoms with Gasteiger partial charge in [0.1, 0.15) is 0 Å². The molecule has 0 saturated heterocycles. The standard InChI is InChI=1S/C10H12BrN3O2S2/c1-18(15,16)12-4-5-14-9-3-2-7(11)6-8(9)13-10(14)17/h2-3,6,12H,4-5H2,1H3,(H,13,17). The number of hydrogen-bond acceptors (Lipinski definition) is 3. The molecule has 5 nitrogen and oxygen atoms in total. The van der Waals surface area contributed by atoms with E-state index in [0.29, 0.717) is 17.9 Å². The summed E-state index contributed by atoms with van der Waals surface area (Å²) in [5.41, 5.74) is 1.88. The highest BCUT2D eigenvalue weighted by Crippen LogP contribution is 2.19. The molecule has 2 rings (SSSR count). The van der Waals surface area contributed by atoms with Crippen LogP contribution in [0.5, 0.6) is 0 Å². The van der Waals surface area contributed by atoms with Crippen LogP contribution in [-0.4, -0.2) is 30.8 Å². The average Bonchev–Trinajstić information content (AvgIpc) is 2.52. The first-order chi connectivity index (χ1) is 8.37. The van der Waals surface area contributed by atoms with Crippen molar-refractivity contribution in [1.82, 2.24) is 14.3 Å². The van der Waals surface area contributed by atoms with E-state index in [1.54, 1.807) is 0 Å². The van der Waals surface area contributed by atoms with Crippen molar-refractivity contribution in [3.8, 4) is 0 Å². The molecule has 0 fully saturated rings. The summed E-state index contributed by atoms with van der Waals surface area (Å²) < 4.78 is 27.8. The zero-order valence-corrected chi connectivity index (χ0v) is 12.8. The topological polar surface area (TPSA) is 66.9 Å². The number of nitrogens with one attached hydrogen (secondary N) is 2. The smallest absolute Gasteiger partial charge is 0.208 e. The highest BCUT2D eigenvalue weighted by Gasteiger charge is 2.06. The van der Waals surface area contributed by atoms with Crippen LogP contribution in [0.15, 0.2) is 22.7 Å². The lowest BCUT2D eigenvalue weighted by atomic mass is 10.3. The van der Waals surface area contributed by atoms with Gasteiger partial charge in [0.05, 0.1) is 17.3 Å². The van der Waals surface area contributed by atoms with Crippen molar-refractivity contribution in [2.24, 2.45) is 0 Å². The largest absolute Gasteiger partial charge is 0.331 e. The molecule has 0 unspecified atom stereocenters. The van der Waals surface area contributed by atoms with E-state index in [4.69, 9.17) is 12.2 Å². The first kappa shape index (κ1) is 13.7. The third kappa shape index (κ3) is 3.19. The third-order valence-corrected chi connectivity index (χ3v) is 3.98. The van der Waals surface area contributed by atoms with E-state index in [1.807, 2.05) is 22.8 Å². The molecule has 0 amide bonds. The highest BCUT2D eigenvalue weighted by atomic mass is 79.9. The summed E-state index contributed by atoms with van der Waals surface area (Å²) in [6.07, 6.45) is 1.14. The minimum atomic E-state index is -3.17. The normalized spacial score (nSPS) is 12.1. The number of sulfonamides is 1. The second-order valence-corrected chi connectivity index (χ2v) is 7.05. The molecule has 0 saturated carbocycles. The number of fused-ring (bicyclic) bond motifs is 1. The summed E-state index contributed by atoms with van der Waals surface area (Å²) in [5, 5.41) is 0. The monoisotopic (exact) mass is 349 g/mol. The molecule has 2 aromatic rings. The van der Waals surface area contributed by atoms with Gasteiger partial charge in [-0.05, 0) is 30.4 Å². The Hall–Kier alpha value is -0.700. The first-order valence-electron chi connectivity index (χ1n) is 5.19. The molecule has 98 valence electrons. The first-order valence-corrected chi connectivity index (χ1v) is 8.29. The van der Waals surface area contributed by atoms with Crippen molar-refractivity contribution in [1.29, 1.82) is 0 Å². The van der Waals surface area contributed by atoms with Gasteiger partial charge in [-0.1, -0.05) is 15.9 Å². The van der Waals surface area contributed by atoms with Gasteiger partial charge in [-0.25, -0.2) is 13.1 Å². The number of imidazole rings is 1. The highest BCUT2D eigenvalue weighted by molar-refractivity contribution is 9.10. The molecule has 0 radical (unpaired) electrons. The maximum absolute atomic E-state index is 11.0. The van der Waals surface area contributed by atoms with E-state index in [2.05, 4.69) is 25.6 Å². The van der Waals surface area contributed by atoms with Crippen LogP contribution in [0, 0.1) is 4.77 Å². The van der Waals surface area contributed by atoms with Gasteiger partial charge in [-0.2, -0.15) is 0 Å². The SMILES string of the molecule is CS(=O)(=O)NCCn1c(=S)[nH]c2cc(Br)ccc21. The Morgan fingerprint density at radius 1 is 1.50 bits per heavy atom. The minimum Gasteiger partial charge on any atom is -0.331 e. The van der Waals surface area contributed by atoms with Crippen LogP contribution in [-0.2, 0) is 16.6 Å². The molecular weight excluding hydrogens is 338 g/mol. The van der Waals surface area contributed by atoms with Crippen LogP contribution in [0.3, 0.4) is 0 Å². The minimum absolute atomic E-state index is 0.316. The molecule has 1 aromatic heterocycles. The van der Waals surface area contributed by atoms with Gasteiger partial charge < -0.3 is 9.55 Å². The Kier molecular flexibility index (Phi) is 3.90. The lowest BCUT2D eigenvalue weighted by molar-refractivity contribution is 0.579. The van der Waals surface area contributed by atoms with Crippen molar-refractivity contribution in [3.05, 3.63) is 27.4 Å². The van der Waals surface area contributed by atoms with E-state index >= 15 is 0 Å². The lowest BCUT2D eigenvalue weighted by Crippen LogP contribution is -2.26. The van der Waals surface area contributed by atoms with Crippen LogP contribution >= 0.6 is 28.1 Å². The number of benzene rings is 1. The van der Waals surface area contributed by atoms with Gasteiger partial charge in [-0.15, -0.1) is 0 Å². The fraction of sp³-hybridized carbons (Fsp3) is 0.300. The molecule has 0 aliphatic heterocycles. The number of H-pyrrole nitrogens is 1. The number of halogens is 1. The van der Waals surface area contributed by atoms with Gasteiger partial charge >= 0.3 is 0 Å². The van der Waals surface area contributed by atoms with Crippen molar-refractivity contribution in [3.63, 3.8) is 0 Å². The van der Waals surface area contributed by atoms with Gasteiger partial charge in [0.25, 0.3) is 0 Å². The summed E-state index contributed by atoms with van der Waals surface area (Å²) in [6.45, 7) is 0.809. The summed E-state index contributed by atoms with van der Waals surface area (Å²) in [4.78, 5) is 3.09. The second kappa shape index (κ2) is 5.12. The third-order valence-electron chi connectivity index (χ3n) is 2.44. The predicted molar refractivity (Wildman–Crippen MR) is 77.7 cm³/mol. The van der Waals surface area contributed by atoms with Crippen LogP contribution in [0.1, 0.15) is 0 Å². The zero-order chi connectivity index (χ0) is 13.3. The van der Waals surface area contributed by atoms with Crippen molar-refractivity contribution >= 4 is 49.2 Å². The quantitative estimate of drug-likeness (QED) is 0.829. The summed E-state index contributed by atoms with van der Waals surface area (Å²) in [6, 6.07) is 5.79. The number of aromatic amines is 1. The molecular formula is C10H12BrN3O2S2. The second-order valence-electron chi connectivity index (χ2n) is 3.91. The van der Waals surface area contributed by atoms with Crippen LogP contribution in [0.2, 0.25) is 0 Å². The summed E-state index contributed by atoms with van der Waals surface area (Å²) in [5.74, 6) is 0. The Morgan fingerprint density at radius 2 is 2.22 bits per heavy atom. The van der Waals surface area contributed by atoms with Crippen molar-refractivity contribution in [2.45, 2.75) is 6.54 Å². The number of aromatic nitrogens is 2. The number of rotatable bonds is 4. The Bertz CT molecular complexity index is 733. The van der Waals surface area contributed by atoms with Gasteiger partial charge in [0.2, 0.25) is 10.0 Å². The fourth-order valence-electron chi connectivity index (χ4n) is 1.70. The summed E-state index contributed by atoms with van der Waals surface area (Å²) >= 11 is 8.61. The van der Waals surface area contributed by atoms with E-state index < -0.39 is 10.0 Å². The van der Waals surface area contributed by atoms with Gasteiger partial charge in [-0.3, -0.25) is 0 Å². The van der Waals surface area contributed by atoms with Crippen molar-refractivity contribution < 1.29 is 8.42 Å². The number of hydrogen-bond donors (Lipinski definition) is 2. The molecule has 0 spiro atoms. The molecule has 18 heavy (non-hydrogen) atoms. The molecule has 2 N–H and O–H groups in total. The fourth-order valence-corrected chi connectivity index (χ4v) is 2.82. The summed E-state index contributed by atoms with van der Waals surface area (Å²) in [7, 11) is -3.17. The Balaban J connectivity index is 2.28. The molecule has 1 aromatic carbocycles.